The summed E-state index contributed by atoms with van der Waals surface area (Å²) in [6, 6.07) is 19.2. The number of para-hydroxylation sites is 1. The van der Waals surface area contributed by atoms with Gasteiger partial charge in [-0.15, -0.1) is 0 Å². The molecule has 1 atom stereocenters. The number of hydrogen-bond acceptors (Lipinski definition) is 3. The standard InChI is InChI=1S/C27H26Cl2N4O2/c1-4-17-13-15-18(16-14-17)33-25(30-21-11-7-6-9-19(21)26(33)34)23(5-2)32(3)27(35)31-22-12-8-10-20(28)24(22)29/h6-16,23H,4-5H2,1-3H3,(H,31,35). The number of amides is 2. The minimum absolute atomic E-state index is 0.181. The van der Waals surface area contributed by atoms with Gasteiger partial charge in [-0.05, 0) is 54.8 Å². The van der Waals surface area contributed by atoms with Gasteiger partial charge in [-0.1, -0.05) is 67.4 Å². The van der Waals surface area contributed by atoms with Crippen molar-refractivity contribution in [2.45, 2.75) is 32.7 Å². The number of anilines is 1. The molecule has 0 aliphatic carbocycles. The zero-order valence-electron chi connectivity index (χ0n) is 19.8. The van der Waals surface area contributed by atoms with E-state index >= 15 is 0 Å². The van der Waals surface area contributed by atoms with Crippen LogP contribution in [0.2, 0.25) is 10.0 Å². The van der Waals surface area contributed by atoms with E-state index in [1.54, 1.807) is 35.9 Å². The summed E-state index contributed by atoms with van der Waals surface area (Å²) in [5.74, 6) is 0.482. The predicted molar refractivity (Wildman–Crippen MR) is 143 cm³/mol. The Morgan fingerprint density at radius 2 is 1.74 bits per heavy atom. The Hall–Kier alpha value is -3.35. The Kier molecular flexibility index (Phi) is 7.43. The number of rotatable bonds is 6. The maximum Gasteiger partial charge on any atom is 0.322 e. The van der Waals surface area contributed by atoms with E-state index in [4.69, 9.17) is 28.2 Å². The fourth-order valence-corrected chi connectivity index (χ4v) is 4.43. The van der Waals surface area contributed by atoms with Gasteiger partial charge in [0.1, 0.15) is 5.82 Å². The zero-order valence-corrected chi connectivity index (χ0v) is 21.3. The van der Waals surface area contributed by atoms with E-state index in [-0.39, 0.29) is 10.6 Å². The Morgan fingerprint density at radius 1 is 1.03 bits per heavy atom. The van der Waals surface area contributed by atoms with Gasteiger partial charge in [-0.3, -0.25) is 9.36 Å². The maximum absolute atomic E-state index is 13.7. The summed E-state index contributed by atoms with van der Waals surface area (Å²) < 4.78 is 1.60. The zero-order chi connectivity index (χ0) is 25.1. The molecule has 0 bridgehead atoms. The van der Waals surface area contributed by atoms with E-state index in [1.807, 2.05) is 49.4 Å². The lowest BCUT2D eigenvalue weighted by Crippen LogP contribution is -2.38. The van der Waals surface area contributed by atoms with Crippen molar-refractivity contribution in [1.82, 2.24) is 14.5 Å². The number of carbonyl (C=O) groups is 1. The number of hydrogen-bond donors (Lipinski definition) is 1. The molecule has 0 aliphatic heterocycles. The Bertz CT molecular complexity index is 1430. The summed E-state index contributed by atoms with van der Waals surface area (Å²) in [5.41, 5.74) is 2.67. The van der Waals surface area contributed by atoms with Crippen LogP contribution in [0.15, 0.2) is 71.5 Å². The minimum Gasteiger partial charge on any atom is -0.317 e. The van der Waals surface area contributed by atoms with Gasteiger partial charge in [0, 0.05) is 7.05 Å². The first-order valence-corrected chi connectivity index (χ1v) is 12.2. The number of carbonyl (C=O) groups excluding carboxylic acids is 1. The molecule has 4 rings (SSSR count). The number of urea groups is 1. The van der Waals surface area contributed by atoms with E-state index in [0.29, 0.717) is 39.5 Å². The maximum atomic E-state index is 13.7. The van der Waals surface area contributed by atoms with Crippen molar-refractivity contribution in [1.29, 1.82) is 0 Å². The molecular weight excluding hydrogens is 483 g/mol. The topological polar surface area (TPSA) is 67.2 Å². The van der Waals surface area contributed by atoms with E-state index < -0.39 is 12.1 Å². The second kappa shape index (κ2) is 10.5. The molecule has 0 fully saturated rings. The summed E-state index contributed by atoms with van der Waals surface area (Å²) in [7, 11) is 1.67. The van der Waals surface area contributed by atoms with Gasteiger partial charge in [0.05, 0.1) is 38.4 Å². The van der Waals surface area contributed by atoms with E-state index in [0.717, 1.165) is 6.42 Å². The van der Waals surface area contributed by atoms with E-state index in [1.165, 1.54) is 10.5 Å². The van der Waals surface area contributed by atoms with Crippen molar-refractivity contribution in [2.24, 2.45) is 0 Å². The fourth-order valence-electron chi connectivity index (χ4n) is 4.08. The average Bonchev–Trinajstić information content (AvgIpc) is 2.87. The van der Waals surface area contributed by atoms with Crippen LogP contribution in [0, 0.1) is 0 Å². The minimum atomic E-state index is -0.490. The molecule has 3 aromatic carbocycles. The molecule has 1 heterocycles. The highest BCUT2D eigenvalue weighted by atomic mass is 35.5. The first kappa shape index (κ1) is 24.8. The quantitative estimate of drug-likeness (QED) is 0.309. The van der Waals surface area contributed by atoms with Crippen molar-refractivity contribution in [3.8, 4) is 5.69 Å². The summed E-state index contributed by atoms with van der Waals surface area (Å²) in [6.45, 7) is 4.03. The number of aromatic nitrogens is 2. The molecular formula is C27H26Cl2N4O2. The van der Waals surface area contributed by atoms with Crippen molar-refractivity contribution in [2.75, 3.05) is 12.4 Å². The van der Waals surface area contributed by atoms with Crippen LogP contribution in [0.5, 0.6) is 0 Å². The molecule has 1 N–H and O–H groups in total. The lowest BCUT2D eigenvalue weighted by Gasteiger charge is -2.29. The number of aryl methyl sites for hydroxylation is 1. The van der Waals surface area contributed by atoms with Gasteiger partial charge in [0.15, 0.2) is 0 Å². The highest BCUT2D eigenvalue weighted by Crippen LogP contribution is 2.31. The predicted octanol–water partition coefficient (Wildman–Crippen LogP) is 6.87. The molecule has 6 nitrogen and oxygen atoms in total. The van der Waals surface area contributed by atoms with Gasteiger partial charge in [0.2, 0.25) is 0 Å². The van der Waals surface area contributed by atoms with Crippen molar-refractivity contribution in [3.05, 3.63) is 98.5 Å². The van der Waals surface area contributed by atoms with Gasteiger partial charge < -0.3 is 10.2 Å². The molecule has 0 radical (unpaired) electrons. The lowest BCUT2D eigenvalue weighted by molar-refractivity contribution is 0.199. The van der Waals surface area contributed by atoms with Crippen molar-refractivity contribution >= 4 is 45.8 Å². The van der Waals surface area contributed by atoms with Crippen LogP contribution in [0.25, 0.3) is 16.6 Å². The Balaban J connectivity index is 1.81. The molecule has 0 aliphatic rings. The fraction of sp³-hybridized carbons (Fsp3) is 0.222. The monoisotopic (exact) mass is 508 g/mol. The second-order valence-electron chi connectivity index (χ2n) is 8.21. The number of halogens is 2. The van der Waals surface area contributed by atoms with Crippen LogP contribution < -0.4 is 10.9 Å². The smallest absolute Gasteiger partial charge is 0.317 e. The molecule has 35 heavy (non-hydrogen) atoms. The average molecular weight is 509 g/mol. The molecule has 0 saturated carbocycles. The van der Waals surface area contributed by atoms with Crippen molar-refractivity contribution < 1.29 is 4.79 Å². The molecule has 2 amide bonds. The third kappa shape index (κ3) is 4.90. The Labute approximate surface area is 214 Å². The molecule has 1 unspecified atom stereocenters. The number of nitrogens with zero attached hydrogens (tertiary/aromatic N) is 3. The largest absolute Gasteiger partial charge is 0.322 e. The highest BCUT2D eigenvalue weighted by Gasteiger charge is 2.27. The molecule has 8 heteroatoms. The van der Waals surface area contributed by atoms with Crippen molar-refractivity contribution in [3.63, 3.8) is 0 Å². The highest BCUT2D eigenvalue weighted by molar-refractivity contribution is 6.43. The third-order valence-electron chi connectivity index (χ3n) is 6.07. The number of benzene rings is 3. The summed E-state index contributed by atoms with van der Waals surface area (Å²) in [4.78, 5) is 33.3. The first-order chi connectivity index (χ1) is 16.8. The molecule has 180 valence electrons. The van der Waals surface area contributed by atoms with Crippen LogP contribution in [0.3, 0.4) is 0 Å². The van der Waals surface area contributed by atoms with E-state index in [9.17, 15) is 9.59 Å². The van der Waals surface area contributed by atoms with E-state index in [2.05, 4.69) is 12.2 Å². The Morgan fingerprint density at radius 3 is 2.43 bits per heavy atom. The molecule has 1 aromatic heterocycles. The summed E-state index contributed by atoms with van der Waals surface area (Å²) >= 11 is 12.4. The molecule has 4 aromatic rings. The van der Waals surface area contributed by atoms with Crippen LogP contribution in [-0.2, 0) is 6.42 Å². The number of fused-ring (bicyclic) bond motifs is 1. The second-order valence-corrected chi connectivity index (χ2v) is 9.00. The summed E-state index contributed by atoms with van der Waals surface area (Å²) in [6.07, 6.45) is 1.43. The SMILES string of the molecule is CCc1ccc(-n2c(C(CC)N(C)C(=O)Nc3cccc(Cl)c3Cl)nc3ccccc3c2=O)cc1. The van der Waals surface area contributed by atoms with Gasteiger partial charge in [-0.25, -0.2) is 9.78 Å². The first-order valence-electron chi connectivity index (χ1n) is 11.4. The van der Waals surface area contributed by atoms with Gasteiger partial charge in [-0.2, -0.15) is 0 Å². The lowest BCUT2D eigenvalue weighted by atomic mass is 10.1. The number of nitrogens with one attached hydrogen (secondary N) is 1. The molecule has 0 saturated heterocycles. The third-order valence-corrected chi connectivity index (χ3v) is 6.89. The van der Waals surface area contributed by atoms with Crippen LogP contribution in [-0.4, -0.2) is 27.5 Å². The van der Waals surface area contributed by atoms with Crippen LogP contribution in [0.4, 0.5) is 10.5 Å². The van der Waals surface area contributed by atoms with Crippen LogP contribution >= 0.6 is 23.2 Å². The van der Waals surface area contributed by atoms with Crippen LogP contribution in [0.1, 0.15) is 37.7 Å². The normalized spacial score (nSPS) is 11.9. The van der Waals surface area contributed by atoms with Gasteiger partial charge in [0.25, 0.3) is 5.56 Å². The molecule has 0 spiro atoms. The van der Waals surface area contributed by atoms with Gasteiger partial charge >= 0.3 is 6.03 Å². The summed E-state index contributed by atoms with van der Waals surface area (Å²) in [5, 5.41) is 3.95.